The maximum Gasteiger partial charge on any atom is 0.154 e. The van der Waals surface area contributed by atoms with Crippen LogP contribution in [0.15, 0.2) is 83.8 Å². The van der Waals surface area contributed by atoms with E-state index in [9.17, 15) is 0 Å². The third-order valence-electron chi connectivity index (χ3n) is 2.88. The molecule has 0 radical (unpaired) electrons. The number of benzene rings is 2. The van der Waals surface area contributed by atoms with Gasteiger partial charge in [-0.1, -0.05) is 60.7 Å². The predicted octanol–water partition coefficient (Wildman–Crippen LogP) is 5.09. The highest BCUT2D eigenvalue weighted by Gasteiger charge is 2.06. The summed E-state index contributed by atoms with van der Waals surface area (Å²) in [6.45, 7) is 10.00. The van der Waals surface area contributed by atoms with E-state index in [-0.39, 0.29) is 6.04 Å². The Morgan fingerprint density at radius 1 is 0.952 bits per heavy atom. The molecule has 0 aliphatic rings. The molecule has 0 bridgehead atoms. The first-order valence-corrected chi connectivity index (χ1v) is 6.98. The predicted molar refractivity (Wildman–Crippen MR) is 93.3 cm³/mol. The molecule has 0 N–H and O–H groups in total. The molecule has 0 saturated heterocycles. The van der Waals surface area contributed by atoms with Crippen LogP contribution in [-0.2, 0) is 0 Å². The van der Waals surface area contributed by atoms with Crippen LogP contribution in [0.1, 0.15) is 31.0 Å². The highest BCUT2D eigenvalue weighted by atomic mass is 14.9. The van der Waals surface area contributed by atoms with E-state index in [0.29, 0.717) is 0 Å². The van der Waals surface area contributed by atoms with Gasteiger partial charge in [0.15, 0.2) is 5.84 Å². The largest absolute Gasteiger partial charge is 0.258 e. The van der Waals surface area contributed by atoms with Crippen molar-refractivity contribution in [3.63, 3.8) is 0 Å². The molecule has 2 aromatic rings. The van der Waals surface area contributed by atoms with Crippen LogP contribution >= 0.6 is 0 Å². The average molecular weight is 278 g/mol. The molecule has 2 aromatic carbocycles. The number of aliphatic imine (C=N–C) groups is 2. The van der Waals surface area contributed by atoms with Crippen molar-refractivity contribution in [3.8, 4) is 0 Å². The second-order valence-corrected chi connectivity index (χ2v) is 4.29. The van der Waals surface area contributed by atoms with Gasteiger partial charge in [0.25, 0.3) is 0 Å². The zero-order valence-electron chi connectivity index (χ0n) is 12.7. The molecular weight excluding hydrogens is 256 g/mol. The first-order chi connectivity index (χ1) is 10.3. The smallest absolute Gasteiger partial charge is 0.154 e. The molecule has 108 valence electrons. The number of amidine groups is 1. The van der Waals surface area contributed by atoms with Gasteiger partial charge in [0.2, 0.25) is 0 Å². The average Bonchev–Trinajstić information content (AvgIpc) is 2.58. The van der Waals surface area contributed by atoms with E-state index >= 15 is 0 Å². The second kappa shape index (κ2) is 9.43. The van der Waals surface area contributed by atoms with Crippen LogP contribution in [0.4, 0.5) is 0 Å². The number of nitrogens with zero attached hydrogens (tertiary/aromatic N) is 2. The number of rotatable bonds is 3. The van der Waals surface area contributed by atoms with Crippen molar-refractivity contribution in [2.24, 2.45) is 9.98 Å². The molecule has 0 heterocycles. The zero-order chi connectivity index (χ0) is 15.5. The summed E-state index contributed by atoms with van der Waals surface area (Å²) >= 11 is 0. The van der Waals surface area contributed by atoms with Crippen molar-refractivity contribution in [1.29, 1.82) is 0 Å². The van der Waals surface area contributed by atoms with Gasteiger partial charge in [0, 0.05) is 11.8 Å². The zero-order valence-corrected chi connectivity index (χ0v) is 12.7. The highest BCUT2D eigenvalue weighted by molar-refractivity contribution is 6.02. The summed E-state index contributed by atoms with van der Waals surface area (Å²) in [6.07, 6.45) is 1.78. The summed E-state index contributed by atoms with van der Waals surface area (Å²) < 4.78 is 0. The molecule has 21 heavy (non-hydrogen) atoms. The maximum atomic E-state index is 4.73. The van der Waals surface area contributed by atoms with E-state index in [1.54, 1.807) is 6.21 Å². The van der Waals surface area contributed by atoms with Gasteiger partial charge in [0.05, 0.1) is 6.04 Å². The fourth-order valence-electron chi connectivity index (χ4n) is 1.88. The molecule has 1 unspecified atom stereocenters. The molecule has 2 heteroatoms. The molecule has 2 rings (SSSR count). The molecule has 2 nitrogen and oxygen atoms in total. The van der Waals surface area contributed by atoms with Crippen molar-refractivity contribution in [2.45, 2.75) is 19.9 Å². The summed E-state index contributed by atoms with van der Waals surface area (Å²) in [5.74, 6) is 0.777. The van der Waals surface area contributed by atoms with Gasteiger partial charge in [-0.2, -0.15) is 0 Å². The number of hydrogen-bond donors (Lipinski definition) is 0. The van der Waals surface area contributed by atoms with Gasteiger partial charge in [-0.3, -0.25) is 4.99 Å². The fraction of sp³-hybridized carbons (Fsp3) is 0.158. The van der Waals surface area contributed by atoms with E-state index in [4.69, 9.17) is 4.99 Å². The van der Waals surface area contributed by atoms with E-state index in [2.05, 4.69) is 37.2 Å². The molecule has 0 fully saturated rings. The molecular formula is C19H22N2. The summed E-state index contributed by atoms with van der Waals surface area (Å²) in [6, 6.07) is 20.4. The van der Waals surface area contributed by atoms with E-state index in [1.807, 2.05) is 55.5 Å². The van der Waals surface area contributed by atoms with E-state index in [1.165, 1.54) is 5.56 Å². The lowest BCUT2D eigenvalue weighted by molar-refractivity contribution is 0.818. The van der Waals surface area contributed by atoms with Crippen molar-refractivity contribution in [1.82, 2.24) is 0 Å². The van der Waals surface area contributed by atoms with Gasteiger partial charge in [-0.25, -0.2) is 4.99 Å². The molecule has 0 amide bonds. The van der Waals surface area contributed by atoms with Crippen LogP contribution in [0, 0.1) is 0 Å². The third-order valence-corrected chi connectivity index (χ3v) is 2.88. The third kappa shape index (κ3) is 5.19. The monoisotopic (exact) mass is 278 g/mol. The highest BCUT2D eigenvalue weighted by Crippen LogP contribution is 2.17. The Bertz CT molecular complexity index is 571. The summed E-state index contributed by atoms with van der Waals surface area (Å²) in [7, 11) is 0. The van der Waals surface area contributed by atoms with Crippen LogP contribution in [0.2, 0.25) is 0 Å². The molecule has 0 spiro atoms. The molecule has 0 saturated carbocycles. The lowest BCUT2D eigenvalue weighted by Crippen LogP contribution is -2.01. The Morgan fingerprint density at radius 2 is 1.48 bits per heavy atom. The standard InChI is InChI=1S/C17H18N2.C2H4/c1-3-18-17(16-12-8-5-9-13-16)19-14(2)15-10-6-4-7-11-15;1-2/h3-14H,1-2H3;1-2H2. The lowest BCUT2D eigenvalue weighted by Gasteiger charge is -2.09. The fourth-order valence-corrected chi connectivity index (χ4v) is 1.88. The van der Waals surface area contributed by atoms with Gasteiger partial charge in [0.1, 0.15) is 0 Å². The van der Waals surface area contributed by atoms with Crippen LogP contribution in [0.3, 0.4) is 0 Å². The molecule has 1 atom stereocenters. The normalized spacial score (nSPS) is 12.6. The van der Waals surface area contributed by atoms with Crippen LogP contribution in [0.25, 0.3) is 0 Å². The Morgan fingerprint density at radius 3 is 2.00 bits per heavy atom. The minimum absolute atomic E-state index is 0.0973. The van der Waals surface area contributed by atoms with Gasteiger partial charge >= 0.3 is 0 Å². The SMILES string of the molecule is C=C.CC=NC(=NC(C)c1ccccc1)c1ccccc1. The molecule has 0 aliphatic heterocycles. The first kappa shape index (κ1) is 16.6. The van der Waals surface area contributed by atoms with Gasteiger partial charge < -0.3 is 0 Å². The minimum atomic E-state index is 0.0973. The van der Waals surface area contributed by atoms with Crippen LogP contribution in [0.5, 0.6) is 0 Å². The molecule has 0 aliphatic carbocycles. The van der Waals surface area contributed by atoms with Crippen molar-refractivity contribution in [2.75, 3.05) is 0 Å². The summed E-state index contributed by atoms with van der Waals surface area (Å²) in [4.78, 5) is 9.11. The lowest BCUT2D eigenvalue weighted by atomic mass is 10.1. The Hall–Kier alpha value is -2.48. The number of hydrogen-bond acceptors (Lipinski definition) is 1. The summed E-state index contributed by atoms with van der Waals surface area (Å²) in [5, 5.41) is 0. The van der Waals surface area contributed by atoms with Crippen molar-refractivity contribution < 1.29 is 0 Å². The maximum absolute atomic E-state index is 4.73. The molecule has 0 aromatic heterocycles. The van der Waals surface area contributed by atoms with Crippen molar-refractivity contribution in [3.05, 3.63) is 84.9 Å². The van der Waals surface area contributed by atoms with Crippen LogP contribution < -0.4 is 0 Å². The van der Waals surface area contributed by atoms with Gasteiger partial charge in [-0.15, -0.1) is 13.2 Å². The van der Waals surface area contributed by atoms with Gasteiger partial charge in [-0.05, 0) is 19.4 Å². The van der Waals surface area contributed by atoms with Crippen molar-refractivity contribution >= 4 is 12.1 Å². The first-order valence-electron chi connectivity index (χ1n) is 6.98. The topological polar surface area (TPSA) is 24.7 Å². The quantitative estimate of drug-likeness (QED) is 0.424. The minimum Gasteiger partial charge on any atom is -0.258 e. The van der Waals surface area contributed by atoms with E-state index in [0.717, 1.165) is 11.4 Å². The summed E-state index contributed by atoms with van der Waals surface area (Å²) in [5.41, 5.74) is 2.24. The Kier molecular flexibility index (Phi) is 7.44. The Balaban J connectivity index is 0.00000106. The van der Waals surface area contributed by atoms with Crippen LogP contribution in [-0.4, -0.2) is 12.1 Å². The van der Waals surface area contributed by atoms with E-state index < -0.39 is 0 Å². The second-order valence-electron chi connectivity index (χ2n) is 4.29. The Labute approximate surface area is 127 Å².